The summed E-state index contributed by atoms with van der Waals surface area (Å²) in [5, 5.41) is 0. The van der Waals surface area contributed by atoms with Crippen molar-refractivity contribution in [2.75, 3.05) is 0 Å². The zero-order valence-corrected chi connectivity index (χ0v) is 12.0. The van der Waals surface area contributed by atoms with E-state index < -0.39 is 34.6 Å². The van der Waals surface area contributed by atoms with E-state index in [0.717, 1.165) is 30.3 Å². The van der Waals surface area contributed by atoms with Gasteiger partial charge in [-0.15, -0.1) is 0 Å². The number of aromatic nitrogens is 2. The Kier molecular flexibility index (Phi) is 4.01. The molecule has 3 rings (SSSR count). The number of hydrogen-bond donors (Lipinski definition) is 0. The topological polar surface area (TPSA) is 25.8 Å². The minimum atomic E-state index is -4.71. The summed E-state index contributed by atoms with van der Waals surface area (Å²) in [6.07, 6.45) is -2.20. The molecule has 0 fully saturated rings. The van der Waals surface area contributed by atoms with Gasteiger partial charge in [0, 0.05) is 23.5 Å². The molecule has 3 aromatic rings. The van der Waals surface area contributed by atoms with Crippen LogP contribution < -0.4 is 0 Å². The molecular formula is C17H9F5N2. The molecule has 2 nitrogen and oxygen atoms in total. The van der Waals surface area contributed by atoms with E-state index in [2.05, 4.69) is 9.97 Å². The van der Waals surface area contributed by atoms with Crippen molar-refractivity contribution in [3.63, 3.8) is 0 Å². The number of alkyl halides is 3. The number of rotatable bonds is 2. The first-order chi connectivity index (χ1) is 11.4. The summed E-state index contributed by atoms with van der Waals surface area (Å²) in [5.74, 6) is -1.59. The Morgan fingerprint density at radius 3 is 1.88 bits per heavy atom. The van der Waals surface area contributed by atoms with Gasteiger partial charge in [0.1, 0.15) is 23.0 Å². The van der Waals surface area contributed by atoms with Crippen molar-refractivity contribution in [3.05, 3.63) is 72.1 Å². The van der Waals surface area contributed by atoms with Gasteiger partial charge in [-0.2, -0.15) is 13.2 Å². The monoisotopic (exact) mass is 336 g/mol. The average molecular weight is 336 g/mol. The summed E-state index contributed by atoms with van der Waals surface area (Å²) in [6, 6.07) is 7.69. The van der Waals surface area contributed by atoms with Crippen molar-refractivity contribution in [1.82, 2.24) is 9.97 Å². The minimum Gasteiger partial charge on any atom is -0.253 e. The molecule has 0 spiro atoms. The fourth-order valence-corrected chi connectivity index (χ4v) is 2.32. The van der Waals surface area contributed by atoms with Crippen molar-refractivity contribution >= 4 is 0 Å². The standard InChI is InChI=1S/C17H9F5N2/c18-13-3-1-7-23-15(13)10-5-6-12(17(20,21)22)11(9-10)16-14(19)4-2-8-24-16/h1-9H. The molecule has 0 radical (unpaired) electrons. The third kappa shape index (κ3) is 2.97. The highest BCUT2D eigenvalue weighted by Gasteiger charge is 2.35. The first-order valence-corrected chi connectivity index (χ1v) is 6.81. The maximum absolute atomic E-state index is 13.9. The Morgan fingerprint density at radius 1 is 0.750 bits per heavy atom. The van der Waals surface area contributed by atoms with E-state index in [1.165, 1.54) is 24.5 Å². The largest absolute Gasteiger partial charge is 0.417 e. The summed E-state index contributed by atoms with van der Waals surface area (Å²) >= 11 is 0. The van der Waals surface area contributed by atoms with Crippen LogP contribution in [0.5, 0.6) is 0 Å². The molecule has 0 aliphatic heterocycles. The quantitative estimate of drug-likeness (QED) is 0.608. The van der Waals surface area contributed by atoms with E-state index in [0.29, 0.717) is 0 Å². The number of pyridine rings is 2. The van der Waals surface area contributed by atoms with Gasteiger partial charge in [-0.3, -0.25) is 9.97 Å². The Bertz CT molecular complexity index is 890. The first-order valence-electron chi connectivity index (χ1n) is 6.81. The van der Waals surface area contributed by atoms with E-state index >= 15 is 0 Å². The van der Waals surface area contributed by atoms with Crippen molar-refractivity contribution in [2.45, 2.75) is 6.18 Å². The highest BCUT2D eigenvalue weighted by atomic mass is 19.4. The second-order valence-corrected chi connectivity index (χ2v) is 4.93. The van der Waals surface area contributed by atoms with Crippen LogP contribution in [0.15, 0.2) is 54.9 Å². The lowest BCUT2D eigenvalue weighted by Crippen LogP contribution is -2.08. The average Bonchev–Trinajstić information content (AvgIpc) is 2.54. The zero-order chi connectivity index (χ0) is 17.3. The van der Waals surface area contributed by atoms with Gasteiger partial charge in [0.05, 0.1) is 5.56 Å². The fraction of sp³-hybridized carbons (Fsp3) is 0.0588. The van der Waals surface area contributed by atoms with E-state index in [9.17, 15) is 22.0 Å². The fourth-order valence-electron chi connectivity index (χ4n) is 2.32. The van der Waals surface area contributed by atoms with Crippen molar-refractivity contribution < 1.29 is 22.0 Å². The SMILES string of the molecule is Fc1cccnc1-c1ccc(C(F)(F)F)c(-c2ncccc2F)c1. The summed E-state index contributed by atoms with van der Waals surface area (Å²) < 4.78 is 67.5. The summed E-state index contributed by atoms with van der Waals surface area (Å²) in [4.78, 5) is 7.52. The lowest BCUT2D eigenvalue weighted by Gasteiger charge is -2.14. The molecule has 0 saturated heterocycles. The molecule has 0 unspecified atom stereocenters. The van der Waals surface area contributed by atoms with Crippen LogP contribution in [0.2, 0.25) is 0 Å². The normalized spacial score (nSPS) is 11.5. The second kappa shape index (κ2) is 5.99. The van der Waals surface area contributed by atoms with Crippen LogP contribution in [-0.4, -0.2) is 9.97 Å². The van der Waals surface area contributed by atoms with Crippen LogP contribution in [-0.2, 0) is 6.18 Å². The lowest BCUT2D eigenvalue weighted by molar-refractivity contribution is -0.137. The number of hydrogen-bond acceptors (Lipinski definition) is 2. The molecule has 24 heavy (non-hydrogen) atoms. The van der Waals surface area contributed by atoms with E-state index in [1.807, 2.05) is 0 Å². The third-order valence-corrected chi connectivity index (χ3v) is 3.37. The van der Waals surface area contributed by atoms with Crippen LogP contribution in [0.1, 0.15) is 5.56 Å². The maximum atomic E-state index is 13.9. The van der Waals surface area contributed by atoms with Crippen molar-refractivity contribution in [1.29, 1.82) is 0 Å². The smallest absolute Gasteiger partial charge is 0.253 e. The molecule has 0 bridgehead atoms. The molecule has 2 aromatic heterocycles. The highest BCUT2D eigenvalue weighted by Crippen LogP contribution is 2.39. The second-order valence-electron chi connectivity index (χ2n) is 4.93. The van der Waals surface area contributed by atoms with E-state index in [4.69, 9.17) is 0 Å². The molecule has 2 heterocycles. The summed E-state index contributed by atoms with van der Waals surface area (Å²) in [7, 11) is 0. The highest BCUT2D eigenvalue weighted by molar-refractivity contribution is 5.73. The Labute approximate surface area is 133 Å². The number of benzene rings is 1. The van der Waals surface area contributed by atoms with Gasteiger partial charge in [-0.05, 0) is 36.4 Å². The number of nitrogens with zero attached hydrogens (tertiary/aromatic N) is 2. The van der Waals surface area contributed by atoms with Gasteiger partial charge < -0.3 is 0 Å². The van der Waals surface area contributed by atoms with Crippen LogP contribution >= 0.6 is 0 Å². The van der Waals surface area contributed by atoms with Crippen molar-refractivity contribution in [2.24, 2.45) is 0 Å². The van der Waals surface area contributed by atoms with Crippen LogP contribution in [0, 0.1) is 11.6 Å². The van der Waals surface area contributed by atoms with Crippen LogP contribution in [0.3, 0.4) is 0 Å². The van der Waals surface area contributed by atoms with E-state index in [-0.39, 0.29) is 11.3 Å². The van der Waals surface area contributed by atoms with Gasteiger partial charge in [0.25, 0.3) is 0 Å². The minimum absolute atomic E-state index is 0.0983. The van der Waals surface area contributed by atoms with E-state index in [1.54, 1.807) is 0 Å². The molecule has 0 saturated carbocycles. The molecule has 1 aromatic carbocycles. The predicted octanol–water partition coefficient (Wildman–Crippen LogP) is 5.11. The van der Waals surface area contributed by atoms with Crippen LogP contribution in [0.25, 0.3) is 22.5 Å². The molecule has 7 heteroatoms. The molecule has 0 N–H and O–H groups in total. The Morgan fingerprint density at radius 2 is 1.33 bits per heavy atom. The van der Waals surface area contributed by atoms with Crippen molar-refractivity contribution in [3.8, 4) is 22.5 Å². The Hall–Kier alpha value is -2.83. The van der Waals surface area contributed by atoms with Gasteiger partial charge in [0.15, 0.2) is 0 Å². The number of halogens is 5. The molecule has 0 amide bonds. The Balaban J connectivity index is 2.27. The predicted molar refractivity (Wildman–Crippen MR) is 77.8 cm³/mol. The van der Waals surface area contributed by atoms with Crippen LogP contribution in [0.4, 0.5) is 22.0 Å². The van der Waals surface area contributed by atoms with Gasteiger partial charge in [-0.1, -0.05) is 6.07 Å². The zero-order valence-electron chi connectivity index (χ0n) is 12.0. The van der Waals surface area contributed by atoms with Gasteiger partial charge in [0.2, 0.25) is 0 Å². The third-order valence-electron chi connectivity index (χ3n) is 3.37. The molecular weight excluding hydrogens is 327 g/mol. The molecule has 0 aliphatic rings. The lowest BCUT2D eigenvalue weighted by atomic mass is 9.98. The summed E-state index contributed by atoms with van der Waals surface area (Å²) in [5.41, 5.74) is -2.00. The first kappa shape index (κ1) is 16.0. The molecule has 0 atom stereocenters. The van der Waals surface area contributed by atoms with Gasteiger partial charge in [-0.25, -0.2) is 8.78 Å². The maximum Gasteiger partial charge on any atom is 0.417 e. The van der Waals surface area contributed by atoms with Gasteiger partial charge >= 0.3 is 6.18 Å². The molecule has 0 aliphatic carbocycles. The summed E-state index contributed by atoms with van der Waals surface area (Å²) in [6.45, 7) is 0. The molecule has 122 valence electrons.